The largest absolute Gasteiger partial charge is 0.496 e. The Morgan fingerprint density at radius 3 is 2.30 bits per heavy atom. The molecule has 27 nitrogen and oxygen atoms in total. The number of benzene rings is 1. The topological polar surface area (TPSA) is 404 Å². The summed E-state index contributed by atoms with van der Waals surface area (Å²) < 4.78 is 21.2. The van der Waals surface area contributed by atoms with Crippen LogP contribution in [-0.4, -0.2) is 210 Å². The van der Waals surface area contributed by atoms with Gasteiger partial charge in [-0.15, -0.1) is 0 Å². The summed E-state index contributed by atoms with van der Waals surface area (Å²) in [4.78, 5) is 173. The molecular weight excluding hydrogens is 1140 g/mol. The van der Waals surface area contributed by atoms with Crippen LogP contribution in [0, 0.1) is 29.6 Å². The van der Waals surface area contributed by atoms with E-state index in [0.29, 0.717) is 48.1 Å². The number of carbonyl (C=O) groups excluding carboxylic acids is 12. The summed E-state index contributed by atoms with van der Waals surface area (Å²) in [5.41, 5.74) is 6.62. The zero-order valence-corrected chi connectivity index (χ0v) is 49.2. The molecule has 1 aromatic heterocycles. The lowest BCUT2D eigenvalue weighted by atomic mass is 9.85. The molecule has 6 heterocycles. The zero-order valence-electron chi connectivity index (χ0n) is 47.6. The Morgan fingerprint density at radius 1 is 0.905 bits per heavy atom. The maximum Gasteiger partial charge on any atom is 0.246 e. The number of ether oxygens (including phenoxy) is 1. The molecule has 5 aliphatic rings. The van der Waals surface area contributed by atoms with E-state index in [1.807, 2.05) is 0 Å². The van der Waals surface area contributed by atoms with Crippen molar-refractivity contribution in [1.29, 1.82) is 0 Å². The molecule has 0 saturated carbocycles. The predicted molar refractivity (Wildman–Crippen MR) is 301 cm³/mol. The fraction of sp³-hybridized carbons (Fsp3) is 0.636. The number of amides is 10. The lowest BCUT2D eigenvalue weighted by Crippen LogP contribution is -2.60. The van der Waals surface area contributed by atoms with Crippen LogP contribution in [0.1, 0.15) is 90.2 Å². The first-order chi connectivity index (χ1) is 39.8. The summed E-state index contributed by atoms with van der Waals surface area (Å²) in [6, 6.07) is -3.74. The van der Waals surface area contributed by atoms with E-state index in [-0.39, 0.29) is 58.7 Å². The predicted octanol–water partition coefficient (Wildman–Crippen LogP) is -2.82. The number of hydrogen-bond donors (Lipinski definition) is 10. The van der Waals surface area contributed by atoms with Crippen molar-refractivity contribution >= 4 is 104 Å². The fourth-order valence-corrected chi connectivity index (χ4v) is 14.1. The minimum atomic E-state index is -2.44. The number of aromatic amines is 1. The first-order valence-electron chi connectivity index (χ1n) is 28.2. The zero-order chi connectivity index (χ0) is 61.4. The Balaban J connectivity index is 1.34. The van der Waals surface area contributed by atoms with Crippen LogP contribution in [0.25, 0.3) is 10.9 Å². The fourth-order valence-electron chi connectivity index (χ4n) is 11.4. The number of rotatable bonds is 14. The molecule has 0 aliphatic carbocycles. The van der Waals surface area contributed by atoms with Crippen LogP contribution in [0.15, 0.2) is 17.2 Å². The third-order valence-electron chi connectivity index (χ3n) is 16.6. The quantitative estimate of drug-likeness (QED) is 0.0853. The molecule has 0 radical (unpaired) electrons. The van der Waals surface area contributed by atoms with Gasteiger partial charge in [-0.25, -0.2) is 0 Å². The Hall–Kier alpha value is -6.82. The van der Waals surface area contributed by atoms with E-state index in [1.54, 1.807) is 37.8 Å². The standard InChI is InChI=1S/C55H76N10O17S2/c1-6-26(2)34-16-30(67)19-57-49(75)29-14-35-33-7-8-42(82-5)36(24-83-32-9-11-63(22-32)45(73)10-12-64-46(74)13-27(3)54(64)79)48(33)62-53(35)84(81)25-38(59-44(72)20-58-50(34)76)51(77)60-37(18-43(56)71)55(80)65-21-31(68)17-39(65)52(78)61-47(40(69)15-29)28(4)41(70)23-66/h7-8,26-29,31-32,34,37-39,41,47,62,66,68,70H,6,9-25H2,1-5H3,(H2,56,71)(H,57,75)(H,58,76)(H,59,72)(H,60,77)(H,61,78)/t26-,27?,28-,29+,31+,32+,34-,37-,38-,39-,41-,47-,84?/m0/s1. The van der Waals surface area contributed by atoms with E-state index in [4.69, 9.17) is 10.5 Å². The lowest BCUT2D eigenvalue weighted by molar-refractivity contribution is -0.144. The number of ketones is 2. The van der Waals surface area contributed by atoms with Gasteiger partial charge in [0.25, 0.3) is 0 Å². The van der Waals surface area contributed by atoms with Gasteiger partial charge in [-0.1, -0.05) is 34.1 Å². The Kier molecular flexibility index (Phi) is 21.9. The normalized spacial score (nSPS) is 28.5. The van der Waals surface area contributed by atoms with E-state index >= 15 is 4.21 Å². The van der Waals surface area contributed by atoms with Gasteiger partial charge in [0, 0.05) is 104 Å². The molecule has 29 heteroatoms. The van der Waals surface area contributed by atoms with E-state index in [1.165, 1.54) is 25.8 Å². The molecule has 2 bridgehead atoms. The Morgan fingerprint density at radius 2 is 1.63 bits per heavy atom. The minimum absolute atomic E-state index is 0.0274. The van der Waals surface area contributed by atoms with Crippen molar-refractivity contribution in [2.45, 2.75) is 138 Å². The first kappa shape index (κ1) is 64.7. The van der Waals surface area contributed by atoms with E-state index in [0.717, 1.165) is 9.80 Å². The molecule has 5 aliphatic heterocycles. The van der Waals surface area contributed by atoms with Crippen LogP contribution < -0.4 is 37.1 Å². The van der Waals surface area contributed by atoms with Crippen LogP contribution in [0.3, 0.4) is 0 Å². The van der Waals surface area contributed by atoms with Crippen molar-refractivity contribution < 1.29 is 81.8 Å². The summed E-state index contributed by atoms with van der Waals surface area (Å²) in [7, 11) is -1.01. The number of fused-ring (bicyclic) bond motifs is 5. The first-order valence-corrected chi connectivity index (χ1v) is 30.6. The number of likely N-dealkylation sites (tertiary alicyclic amines) is 2. The molecule has 2 aromatic rings. The molecule has 0 spiro atoms. The number of carbonyl (C=O) groups is 12. The van der Waals surface area contributed by atoms with Gasteiger partial charge in [0.15, 0.2) is 11.6 Å². The average molecular weight is 1210 g/mol. The smallest absolute Gasteiger partial charge is 0.246 e. The molecule has 13 atom stereocenters. The number of aliphatic hydroxyl groups excluding tert-OH is 3. The summed E-state index contributed by atoms with van der Waals surface area (Å²) in [6.07, 6.45) is -4.82. The van der Waals surface area contributed by atoms with E-state index < -0.39 is 194 Å². The van der Waals surface area contributed by atoms with Gasteiger partial charge < -0.3 is 67.2 Å². The Bertz CT molecular complexity index is 2960. The maximum atomic E-state index is 15.4. The van der Waals surface area contributed by atoms with Gasteiger partial charge in [-0.2, -0.15) is 11.8 Å². The van der Waals surface area contributed by atoms with Crippen molar-refractivity contribution in [2.75, 3.05) is 58.7 Å². The SMILES string of the molecule is CC[C@H](C)[C@@H]1CC(=O)CNC(=O)[C@H]2CC(=O)[C@H]([C@@H](C)[C@@H](O)CO)NC(=O)[C@@H]3C[C@@H](O)CN3C(=O)[C@H](CC(N)=O)NC(=O)[C@H](CS(=O)c3[nH]c4c(CS[C@@H]5CCN(C(=O)CCN6C(=O)CC(C)C6=O)C5)c(OC)ccc4c3C2)NC(=O)CNC1=O. The number of hydrogen-bond acceptors (Lipinski definition) is 18. The number of aliphatic hydroxyl groups is 3. The third kappa shape index (κ3) is 15.2. The third-order valence-corrected chi connectivity index (χ3v) is 19.4. The number of nitrogens with two attached hydrogens (primary N) is 1. The van der Waals surface area contributed by atoms with Gasteiger partial charge in [-0.3, -0.25) is 66.6 Å². The number of aromatic nitrogens is 1. The van der Waals surface area contributed by atoms with Gasteiger partial charge in [0.1, 0.15) is 28.9 Å². The van der Waals surface area contributed by atoms with Crippen molar-refractivity contribution in [2.24, 2.45) is 35.3 Å². The van der Waals surface area contributed by atoms with Crippen molar-refractivity contribution in [3.05, 3.63) is 23.3 Å². The molecule has 84 heavy (non-hydrogen) atoms. The molecule has 7 rings (SSSR count). The van der Waals surface area contributed by atoms with Gasteiger partial charge >= 0.3 is 0 Å². The highest BCUT2D eigenvalue weighted by atomic mass is 32.2. The van der Waals surface area contributed by atoms with Crippen LogP contribution in [0.4, 0.5) is 0 Å². The lowest BCUT2D eigenvalue weighted by Gasteiger charge is -2.32. The van der Waals surface area contributed by atoms with E-state index in [9.17, 15) is 72.9 Å². The van der Waals surface area contributed by atoms with Gasteiger partial charge in [-0.05, 0) is 36.5 Å². The monoisotopic (exact) mass is 1210 g/mol. The van der Waals surface area contributed by atoms with Crippen LogP contribution in [-0.2, 0) is 80.5 Å². The number of Topliss-reactive ketones (excluding diaryl/α,β-unsaturated/α-hetero) is 2. The summed E-state index contributed by atoms with van der Waals surface area (Å²) >= 11 is 1.47. The number of thioether (sulfide) groups is 1. The average Bonchev–Trinajstić information content (AvgIpc) is 2.29. The van der Waals surface area contributed by atoms with Crippen molar-refractivity contribution in [1.82, 2.24) is 46.3 Å². The van der Waals surface area contributed by atoms with Crippen LogP contribution >= 0.6 is 11.8 Å². The molecule has 3 fully saturated rings. The van der Waals surface area contributed by atoms with Gasteiger partial charge in [0.05, 0.1) is 73.5 Å². The highest BCUT2D eigenvalue weighted by Gasteiger charge is 2.45. The van der Waals surface area contributed by atoms with E-state index in [2.05, 4.69) is 31.6 Å². The summed E-state index contributed by atoms with van der Waals surface area (Å²) in [6.45, 7) is 4.42. The molecule has 2 unspecified atom stereocenters. The van der Waals surface area contributed by atoms with Crippen molar-refractivity contribution in [3.63, 3.8) is 0 Å². The maximum absolute atomic E-state index is 15.4. The highest BCUT2D eigenvalue weighted by molar-refractivity contribution is 7.99. The van der Waals surface area contributed by atoms with Crippen molar-refractivity contribution in [3.8, 4) is 5.75 Å². The number of nitrogens with one attached hydrogen (secondary N) is 6. The highest BCUT2D eigenvalue weighted by Crippen LogP contribution is 2.39. The molecule has 460 valence electrons. The number of H-pyrrole nitrogens is 1. The Labute approximate surface area is 491 Å². The minimum Gasteiger partial charge on any atom is -0.496 e. The second-order valence-corrected chi connectivity index (χ2v) is 25.2. The second-order valence-electron chi connectivity index (χ2n) is 22.5. The molecular formula is C55H76N10O17S2. The number of imide groups is 1. The molecule has 10 amide bonds. The number of methoxy groups -OCH3 is 1. The molecule has 11 N–H and O–H groups in total. The second kappa shape index (κ2) is 28.4. The van der Waals surface area contributed by atoms with Gasteiger partial charge in [0.2, 0.25) is 59.1 Å². The summed E-state index contributed by atoms with van der Waals surface area (Å²) in [5, 5.41) is 44.7. The molecule has 1 aromatic carbocycles. The molecule has 3 saturated heterocycles. The van der Waals surface area contributed by atoms with Crippen LogP contribution in [0.5, 0.6) is 5.75 Å². The van der Waals surface area contributed by atoms with Crippen LogP contribution in [0.2, 0.25) is 0 Å². The number of primary amides is 1. The summed E-state index contributed by atoms with van der Waals surface area (Å²) in [5.74, 6) is -14.2. The number of nitrogens with zero attached hydrogens (tertiary/aromatic N) is 3.